The maximum atomic E-state index is 13.0. The molecule has 4 aromatic rings. The topological polar surface area (TPSA) is 110 Å². The summed E-state index contributed by atoms with van der Waals surface area (Å²) >= 11 is 0. The number of amides is 1. The second kappa shape index (κ2) is 6.90. The number of aryl methyl sites for hydroxylation is 1. The highest BCUT2D eigenvalue weighted by molar-refractivity contribution is 6.08. The molecule has 0 spiro atoms. The summed E-state index contributed by atoms with van der Waals surface area (Å²) < 4.78 is 45.8. The van der Waals surface area contributed by atoms with Gasteiger partial charge in [-0.05, 0) is 38.8 Å². The summed E-state index contributed by atoms with van der Waals surface area (Å²) in [4.78, 5) is 21.6. The highest BCUT2D eigenvalue weighted by atomic mass is 19.4. The number of carbonyl (C=O) groups is 1. The molecule has 12 heteroatoms. The van der Waals surface area contributed by atoms with Crippen LogP contribution in [0.2, 0.25) is 0 Å². The van der Waals surface area contributed by atoms with Gasteiger partial charge in [0.1, 0.15) is 17.9 Å². The van der Waals surface area contributed by atoms with Crippen molar-refractivity contribution in [1.82, 2.24) is 29.9 Å². The van der Waals surface area contributed by atoms with Gasteiger partial charge in [-0.3, -0.25) is 9.20 Å². The zero-order chi connectivity index (χ0) is 22.7. The second-order valence-electron chi connectivity index (χ2n) is 8.08. The van der Waals surface area contributed by atoms with E-state index in [4.69, 9.17) is 4.42 Å². The van der Waals surface area contributed by atoms with E-state index in [9.17, 15) is 18.0 Å². The molecule has 2 N–H and O–H groups in total. The van der Waals surface area contributed by atoms with E-state index in [2.05, 4.69) is 37.7 Å². The Hall–Kier alpha value is -3.70. The fourth-order valence-electron chi connectivity index (χ4n) is 3.39. The molecule has 1 fully saturated rings. The number of hydrogen-bond donors (Lipinski definition) is 2. The summed E-state index contributed by atoms with van der Waals surface area (Å²) in [6.45, 7) is 3.65. The van der Waals surface area contributed by atoms with E-state index in [1.54, 1.807) is 6.92 Å². The lowest BCUT2D eigenvalue weighted by Gasteiger charge is -2.14. The maximum Gasteiger partial charge on any atom is 0.417 e. The lowest BCUT2D eigenvalue weighted by molar-refractivity contribution is -0.137. The van der Waals surface area contributed by atoms with Gasteiger partial charge in [0.15, 0.2) is 11.5 Å². The third-order valence-corrected chi connectivity index (χ3v) is 5.42. The first kappa shape index (κ1) is 20.2. The molecule has 1 saturated carbocycles. The van der Waals surface area contributed by atoms with Crippen molar-refractivity contribution in [2.45, 2.75) is 44.9 Å². The summed E-state index contributed by atoms with van der Waals surface area (Å²) in [6.07, 6.45) is -0.348. The van der Waals surface area contributed by atoms with Gasteiger partial charge in [-0.2, -0.15) is 18.2 Å². The van der Waals surface area contributed by atoms with Crippen molar-refractivity contribution in [2.75, 3.05) is 5.32 Å². The number of aromatic nitrogens is 5. The van der Waals surface area contributed by atoms with Gasteiger partial charge in [0, 0.05) is 11.7 Å². The predicted molar refractivity (Wildman–Crippen MR) is 107 cm³/mol. The predicted octanol–water partition coefficient (Wildman–Crippen LogP) is 3.49. The van der Waals surface area contributed by atoms with Gasteiger partial charge in [-0.25, -0.2) is 4.98 Å². The smallest absolute Gasteiger partial charge is 0.417 e. The van der Waals surface area contributed by atoms with E-state index in [0.29, 0.717) is 17.0 Å². The SMILES string of the molecule is Cc1nc(NC2(C)CC2)c2c(C(=O)NCc3nnc4ccc(C(F)(F)F)cn34)coc2n1. The molecule has 5 rings (SSSR count). The van der Waals surface area contributed by atoms with E-state index in [1.165, 1.54) is 16.7 Å². The summed E-state index contributed by atoms with van der Waals surface area (Å²) in [7, 11) is 0. The molecule has 4 heterocycles. The number of nitrogens with one attached hydrogen (secondary N) is 2. The number of furan rings is 1. The van der Waals surface area contributed by atoms with Gasteiger partial charge < -0.3 is 15.1 Å². The molecule has 0 aromatic carbocycles. The number of nitrogens with zero attached hydrogens (tertiary/aromatic N) is 5. The fourth-order valence-corrected chi connectivity index (χ4v) is 3.39. The van der Waals surface area contributed by atoms with E-state index in [-0.39, 0.29) is 34.8 Å². The minimum absolute atomic E-state index is 0.0879. The summed E-state index contributed by atoms with van der Waals surface area (Å²) in [5.41, 5.74) is -0.192. The Morgan fingerprint density at radius 2 is 2.03 bits per heavy atom. The first-order chi connectivity index (χ1) is 15.1. The standard InChI is InChI=1S/C20H18F3N7O2/c1-10-25-16(27-19(2)5-6-19)15-12(9-32-18(15)26-10)17(31)24-7-14-29-28-13-4-3-11(8-30(13)14)20(21,22)23/h3-4,8-9H,5-7H2,1-2H3,(H,24,31)(H,25,26,27). The highest BCUT2D eigenvalue weighted by Crippen LogP contribution is 2.40. The summed E-state index contributed by atoms with van der Waals surface area (Å²) in [5, 5.41) is 14.2. The monoisotopic (exact) mass is 445 g/mol. The molecule has 0 bridgehead atoms. The molecule has 4 aromatic heterocycles. The van der Waals surface area contributed by atoms with Crippen molar-refractivity contribution in [1.29, 1.82) is 0 Å². The molecule has 32 heavy (non-hydrogen) atoms. The summed E-state index contributed by atoms with van der Waals surface area (Å²) in [5.74, 6) is 0.669. The van der Waals surface area contributed by atoms with Crippen molar-refractivity contribution in [3.63, 3.8) is 0 Å². The molecule has 1 amide bonds. The Balaban J connectivity index is 1.42. The van der Waals surface area contributed by atoms with Crippen LogP contribution < -0.4 is 10.6 Å². The molecular weight excluding hydrogens is 427 g/mol. The third-order valence-electron chi connectivity index (χ3n) is 5.42. The Labute approximate surface area is 179 Å². The van der Waals surface area contributed by atoms with Gasteiger partial charge in [0.05, 0.1) is 23.1 Å². The van der Waals surface area contributed by atoms with Crippen LogP contribution in [0, 0.1) is 6.92 Å². The quantitative estimate of drug-likeness (QED) is 0.484. The second-order valence-corrected chi connectivity index (χ2v) is 8.08. The van der Waals surface area contributed by atoms with Crippen molar-refractivity contribution in [3.8, 4) is 0 Å². The van der Waals surface area contributed by atoms with Crippen molar-refractivity contribution in [2.24, 2.45) is 0 Å². The number of fused-ring (bicyclic) bond motifs is 2. The number of rotatable bonds is 5. The maximum absolute atomic E-state index is 13.0. The van der Waals surface area contributed by atoms with Crippen LogP contribution in [0.1, 0.15) is 47.3 Å². The molecule has 1 aliphatic rings. The lowest BCUT2D eigenvalue weighted by Crippen LogP contribution is -2.24. The number of hydrogen-bond acceptors (Lipinski definition) is 7. The van der Waals surface area contributed by atoms with Crippen LogP contribution in [0.25, 0.3) is 16.7 Å². The molecule has 0 radical (unpaired) electrons. The van der Waals surface area contributed by atoms with E-state index in [1.807, 2.05) is 0 Å². The number of halogens is 3. The minimum atomic E-state index is -4.51. The van der Waals surface area contributed by atoms with Crippen LogP contribution in [0.15, 0.2) is 29.0 Å². The van der Waals surface area contributed by atoms with E-state index in [0.717, 1.165) is 25.1 Å². The van der Waals surface area contributed by atoms with Gasteiger partial charge in [0.2, 0.25) is 5.71 Å². The molecule has 9 nitrogen and oxygen atoms in total. The average Bonchev–Trinajstić information content (AvgIpc) is 3.13. The first-order valence-corrected chi connectivity index (χ1v) is 9.86. The van der Waals surface area contributed by atoms with Crippen LogP contribution in [-0.4, -0.2) is 36.0 Å². The zero-order valence-electron chi connectivity index (χ0n) is 17.1. The normalized spacial score (nSPS) is 15.3. The Bertz CT molecular complexity index is 1350. The van der Waals surface area contributed by atoms with Crippen LogP contribution in [0.4, 0.5) is 19.0 Å². The summed E-state index contributed by atoms with van der Waals surface area (Å²) in [6, 6.07) is 2.15. The lowest BCUT2D eigenvalue weighted by atomic mass is 10.2. The van der Waals surface area contributed by atoms with Gasteiger partial charge in [-0.15, -0.1) is 10.2 Å². The molecule has 166 valence electrons. The Morgan fingerprint density at radius 3 is 2.75 bits per heavy atom. The fraction of sp³-hybridized carbons (Fsp3) is 0.350. The van der Waals surface area contributed by atoms with Gasteiger partial charge >= 0.3 is 6.18 Å². The number of alkyl halides is 3. The van der Waals surface area contributed by atoms with Crippen LogP contribution in [0.5, 0.6) is 0 Å². The number of anilines is 1. The molecule has 0 saturated heterocycles. The van der Waals surface area contributed by atoms with E-state index >= 15 is 0 Å². The molecule has 0 aliphatic heterocycles. The number of pyridine rings is 1. The molecule has 0 atom stereocenters. The van der Waals surface area contributed by atoms with Crippen LogP contribution in [-0.2, 0) is 12.7 Å². The van der Waals surface area contributed by atoms with Crippen LogP contribution in [0.3, 0.4) is 0 Å². The van der Waals surface area contributed by atoms with Crippen LogP contribution >= 0.6 is 0 Å². The largest absolute Gasteiger partial charge is 0.445 e. The number of carbonyl (C=O) groups excluding carboxylic acids is 1. The molecule has 0 unspecified atom stereocenters. The zero-order valence-corrected chi connectivity index (χ0v) is 17.1. The van der Waals surface area contributed by atoms with Crippen molar-refractivity contribution >= 4 is 28.5 Å². The highest BCUT2D eigenvalue weighted by Gasteiger charge is 2.38. The minimum Gasteiger partial charge on any atom is -0.445 e. The van der Waals surface area contributed by atoms with Crippen molar-refractivity contribution < 1.29 is 22.4 Å². The Kier molecular flexibility index (Phi) is 4.36. The van der Waals surface area contributed by atoms with Gasteiger partial charge in [0.25, 0.3) is 5.91 Å². The average molecular weight is 445 g/mol. The molecule has 1 aliphatic carbocycles. The van der Waals surface area contributed by atoms with E-state index < -0.39 is 17.6 Å². The Morgan fingerprint density at radius 1 is 1.25 bits per heavy atom. The van der Waals surface area contributed by atoms with Gasteiger partial charge in [-0.1, -0.05) is 0 Å². The van der Waals surface area contributed by atoms with Crippen molar-refractivity contribution in [3.05, 3.63) is 47.4 Å². The molecular formula is C20H18F3N7O2. The first-order valence-electron chi connectivity index (χ1n) is 9.86. The third kappa shape index (κ3) is 3.61.